The normalized spacial score (nSPS) is 10.4. The summed E-state index contributed by atoms with van der Waals surface area (Å²) >= 11 is 2.90. The van der Waals surface area contributed by atoms with E-state index in [1.165, 1.54) is 18.0 Å². The van der Waals surface area contributed by atoms with Crippen LogP contribution < -0.4 is 5.32 Å². The molecule has 0 aliphatic carbocycles. The molecule has 1 heterocycles. The van der Waals surface area contributed by atoms with E-state index in [4.69, 9.17) is 9.52 Å². The summed E-state index contributed by atoms with van der Waals surface area (Å²) in [4.78, 5) is 23.6. The summed E-state index contributed by atoms with van der Waals surface area (Å²) < 4.78 is 5.28. The molecule has 23 heavy (non-hydrogen) atoms. The maximum absolute atomic E-state index is 12.1. The highest BCUT2D eigenvalue weighted by Gasteiger charge is 2.15. The number of carbonyl (C=O) groups is 2. The zero-order chi connectivity index (χ0) is 16.5. The molecule has 2 rings (SSSR count). The molecule has 2 N–H and O–H groups in total. The van der Waals surface area contributed by atoms with Gasteiger partial charge in [0, 0.05) is 28.5 Å². The van der Waals surface area contributed by atoms with E-state index in [2.05, 4.69) is 5.32 Å². The molecule has 0 unspecified atom stereocenters. The lowest BCUT2D eigenvalue weighted by Crippen LogP contribution is -2.26. The molecule has 0 aliphatic rings. The first-order valence-electron chi connectivity index (χ1n) is 6.99. The summed E-state index contributed by atoms with van der Waals surface area (Å²) in [5, 5.41) is 11.3. The van der Waals surface area contributed by atoms with Gasteiger partial charge in [0.1, 0.15) is 0 Å². The number of aliphatic carboxylic acids is 1. The van der Waals surface area contributed by atoms with Gasteiger partial charge in [-0.2, -0.15) is 0 Å². The first-order valence-corrected chi connectivity index (χ1v) is 9.13. The Morgan fingerprint density at radius 3 is 2.70 bits per heavy atom. The number of hydrogen-bond donors (Lipinski definition) is 2. The molecule has 0 fully saturated rings. The highest BCUT2D eigenvalue weighted by molar-refractivity contribution is 7.99. The molecular weight excluding hydrogens is 334 g/mol. The molecule has 5 nitrogen and oxygen atoms in total. The van der Waals surface area contributed by atoms with Gasteiger partial charge in [-0.1, -0.05) is 18.2 Å². The van der Waals surface area contributed by atoms with E-state index >= 15 is 0 Å². The van der Waals surface area contributed by atoms with Gasteiger partial charge in [-0.25, -0.2) is 0 Å². The molecule has 7 heteroatoms. The quantitative estimate of drug-likeness (QED) is 0.534. The number of thioether (sulfide) groups is 2. The largest absolute Gasteiger partial charge is 0.481 e. The predicted octanol–water partition coefficient (Wildman–Crippen LogP) is 3.12. The van der Waals surface area contributed by atoms with Crippen LogP contribution in [0.2, 0.25) is 0 Å². The van der Waals surface area contributed by atoms with Crippen LogP contribution in [0.25, 0.3) is 0 Å². The molecule has 0 radical (unpaired) electrons. The predicted molar refractivity (Wildman–Crippen MR) is 92.0 cm³/mol. The second kappa shape index (κ2) is 9.32. The van der Waals surface area contributed by atoms with Crippen molar-refractivity contribution in [3.63, 3.8) is 0 Å². The van der Waals surface area contributed by atoms with Crippen molar-refractivity contribution in [2.24, 2.45) is 0 Å². The van der Waals surface area contributed by atoms with Gasteiger partial charge in [-0.05, 0) is 18.2 Å². The molecule has 0 aliphatic heterocycles. The number of nitrogens with one attached hydrogen (secondary N) is 1. The fourth-order valence-electron chi connectivity index (χ4n) is 1.80. The lowest BCUT2D eigenvalue weighted by molar-refractivity contribution is -0.133. The highest BCUT2D eigenvalue weighted by atomic mass is 32.2. The van der Waals surface area contributed by atoms with Crippen molar-refractivity contribution in [2.45, 2.75) is 10.6 Å². The van der Waals surface area contributed by atoms with E-state index in [0.29, 0.717) is 23.8 Å². The van der Waals surface area contributed by atoms with Crippen molar-refractivity contribution in [1.82, 2.24) is 5.32 Å². The maximum atomic E-state index is 12.1. The van der Waals surface area contributed by atoms with Crippen LogP contribution in [0.15, 0.2) is 52.0 Å². The van der Waals surface area contributed by atoms with Gasteiger partial charge >= 0.3 is 5.97 Å². The highest BCUT2D eigenvalue weighted by Crippen LogP contribution is 2.24. The average Bonchev–Trinajstić information content (AvgIpc) is 3.02. The summed E-state index contributed by atoms with van der Waals surface area (Å²) in [5.41, 5.74) is 0.842. The van der Waals surface area contributed by atoms with Crippen LogP contribution in [-0.2, 0) is 10.5 Å². The average molecular weight is 351 g/mol. The van der Waals surface area contributed by atoms with Gasteiger partial charge in [0.15, 0.2) is 5.76 Å². The first-order chi connectivity index (χ1) is 11.2. The van der Waals surface area contributed by atoms with Gasteiger partial charge in [0.05, 0.1) is 12.0 Å². The van der Waals surface area contributed by atoms with Crippen molar-refractivity contribution in [3.8, 4) is 0 Å². The molecule has 0 bridgehead atoms. The minimum Gasteiger partial charge on any atom is -0.481 e. The third kappa shape index (κ3) is 6.03. The van der Waals surface area contributed by atoms with Crippen LogP contribution in [0.3, 0.4) is 0 Å². The molecule has 1 amide bonds. The van der Waals surface area contributed by atoms with Crippen molar-refractivity contribution in [2.75, 3.05) is 18.1 Å². The Hall–Kier alpha value is -1.86. The number of carboxylic acid groups (broad SMARTS) is 1. The zero-order valence-electron chi connectivity index (χ0n) is 12.4. The van der Waals surface area contributed by atoms with Crippen LogP contribution in [0.5, 0.6) is 0 Å². The minimum absolute atomic E-state index is 0.0373. The second-order valence-corrected chi connectivity index (χ2v) is 6.73. The Kier molecular flexibility index (Phi) is 7.09. The van der Waals surface area contributed by atoms with Crippen LogP contribution in [-0.4, -0.2) is 35.0 Å². The fourth-order valence-corrected chi connectivity index (χ4v) is 3.27. The molecule has 0 spiro atoms. The van der Waals surface area contributed by atoms with Crippen molar-refractivity contribution in [1.29, 1.82) is 0 Å². The topological polar surface area (TPSA) is 79.5 Å². The molecular formula is C16H17NO4S2. The van der Waals surface area contributed by atoms with Gasteiger partial charge < -0.3 is 14.8 Å². The molecule has 1 aromatic carbocycles. The Morgan fingerprint density at radius 2 is 1.96 bits per heavy atom. The minimum atomic E-state index is -0.854. The Balaban J connectivity index is 1.80. The number of hydrogen-bond acceptors (Lipinski definition) is 5. The Bertz CT molecular complexity index is 643. The smallest absolute Gasteiger partial charge is 0.313 e. The maximum Gasteiger partial charge on any atom is 0.313 e. The van der Waals surface area contributed by atoms with Gasteiger partial charge in [-0.15, -0.1) is 23.5 Å². The van der Waals surface area contributed by atoms with Gasteiger partial charge in [-0.3, -0.25) is 9.59 Å². The van der Waals surface area contributed by atoms with Crippen molar-refractivity contribution < 1.29 is 19.1 Å². The van der Waals surface area contributed by atoms with Gasteiger partial charge in [0.25, 0.3) is 5.91 Å². The van der Waals surface area contributed by atoms with E-state index in [9.17, 15) is 9.59 Å². The fraction of sp³-hybridized carbons (Fsp3) is 0.250. The molecule has 0 saturated carbocycles. The first kappa shape index (κ1) is 17.5. The van der Waals surface area contributed by atoms with E-state index in [-0.39, 0.29) is 11.7 Å². The number of amides is 1. The van der Waals surface area contributed by atoms with Crippen LogP contribution >= 0.6 is 23.5 Å². The standard InChI is InChI=1S/C16H17NO4S2/c18-14(19)11-22-9-7-17-16(20)15-12(6-8-21-15)10-23-13-4-2-1-3-5-13/h1-6,8H,7,9-11H2,(H,17,20)(H,18,19). The number of benzene rings is 1. The monoisotopic (exact) mass is 351 g/mol. The van der Waals surface area contributed by atoms with Crippen LogP contribution in [0.4, 0.5) is 0 Å². The third-order valence-electron chi connectivity index (χ3n) is 2.85. The molecule has 0 saturated heterocycles. The molecule has 1 aromatic heterocycles. The summed E-state index contributed by atoms with van der Waals surface area (Å²) in [6, 6.07) is 11.7. The number of rotatable bonds is 9. The molecule has 122 valence electrons. The Labute approximate surface area is 142 Å². The van der Waals surface area contributed by atoms with E-state index in [1.54, 1.807) is 17.8 Å². The van der Waals surface area contributed by atoms with Crippen LogP contribution in [0.1, 0.15) is 16.1 Å². The van der Waals surface area contributed by atoms with Crippen LogP contribution in [0, 0.1) is 0 Å². The van der Waals surface area contributed by atoms with Gasteiger partial charge in [0.2, 0.25) is 0 Å². The van der Waals surface area contributed by atoms with E-state index in [0.717, 1.165) is 10.5 Å². The second-order valence-electron chi connectivity index (χ2n) is 4.58. The summed E-state index contributed by atoms with van der Waals surface area (Å²) in [6.07, 6.45) is 1.51. The van der Waals surface area contributed by atoms with Crippen molar-refractivity contribution in [3.05, 3.63) is 54.0 Å². The number of carboxylic acids is 1. The third-order valence-corrected chi connectivity index (χ3v) is 4.85. The summed E-state index contributed by atoms with van der Waals surface area (Å²) in [5.74, 6) is 0.429. The zero-order valence-corrected chi connectivity index (χ0v) is 14.0. The number of furan rings is 1. The SMILES string of the molecule is O=C(O)CSCCNC(=O)c1occc1CSc1ccccc1. The summed E-state index contributed by atoms with van der Waals surface area (Å²) in [6.45, 7) is 0.406. The summed E-state index contributed by atoms with van der Waals surface area (Å²) in [7, 11) is 0. The lowest BCUT2D eigenvalue weighted by atomic mass is 10.2. The van der Waals surface area contributed by atoms with Crippen molar-refractivity contribution >= 4 is 35.4 Å². The number of carbonyl (C=O) groups excluding carboxylic acids is 1. The lowest BCUT2D eigenvalue weighted by Gasteiger charge is -2.05. The molecule has 0 atom stereocenters. The molecule has 2 aromatic rings. The Morgan fingerprint density at radius 1 is 1.17 bits per heavy atom. The van der Waals surface area contributed by atoms with E-state index in [1.807, 2.05) is 30.3 Å². The van der Waals surface area contributed by atoms with E-state index < -0.39 is 5.97 Å².